The Kier molecular flexibility index (Phi) is 8.71. The average Bonchev–Trinajstić information content (AvgIpc) is 2.49. The highest BCUT2D eigenvalue weighted by atomic mass is 79.9. The molecule has 0 spiro atoms. The monoisotopic (exact) mass is 432 g/mol. The first-order valence-electron chi connectivity index (χ1n) is 7.47. The van der Waals surface area contributed by atoms with Gasteiger partial charge in [0, 0.05) is 11.4 Å². The van der Waals surface area contributed by atoms with Crippen LogP contribution in [0.2, 0.25) is 0 Å². The van der Waals surface area contributed by atoms with Crippen molar-refractivity contribution >= 4 is 55.0 Å². The highest BCUT2D eigenvalue weighted by Crippen LogP contribution is 2.18. The van der Waals surface area contributed by atoms with Crippen molar-refractivity contribution in [2.24, 2.45) is 0 Å². The normalized spacial score (nSPS) is 13.3. The van der Waals surface area contributed by atoms with Crippen LogP contribution in [-0.2, 0) is 9.59 Å². The van der Waals surface area contributed by atoms with Crippen molar-refractivity contribution in [1.29, 1.82) is 0 Å². The molecule has 1 aromatic rings. The van der Waals surface area contributed by atoms with Crippen molar-refractivity contribution in [2.75, 3.05) is 10.6 Å². The van der Waals surface area contributed by atoms with Gasteiger partial charge in [-0.25, -0.2) is 0 Å². The first-order chi connectivity index (χ1) is 10.5. The van der Waals surface area contributed by atoms with Gasteiger partial charge in [0.1, 0.15) is 0 Å². The summed E-state index contributed by atoms with van der Waals surface area (Å²) in [5.74, 6) is -0.107. The number of halogens is 2. The summed E-state index contributed by atoms with van der Waals surface area (Å²) in [5.41, 5.74) is 1.43. The van der Waals surface area contributed by atoms with Crippen LogP contribution in [0.4, 0.5) is 11.4 Å². The van der Waals surface area contributed by atoms with Gasteiger partial charge in [-0.1, -0.05) is 58.5 Å². The molecule has 2 atom stereocenters. The molecule has 0 aliphatic rings. The van der Waals surface area contributed by atoms with E-state index in [1.54, 1.807) is 24.3 Å². The molecule has 6 heteroatoms. The Balaban J connectivity index is 2.56. The minimum atomic E-state index is -0.180. The van der Waals surface area contributed by atoms with Crippen LogP contribution in [0, 0.1) is 0 Å². The lowest BCUT2D eigenvalue weighted by Crippen LogP contribution is -2.23. The predicted molar refractivity (Wildman–Crippen MR) is 98.9 cm³/mol. The van der Waals surface area contributed by atoms with Gasteiger partial charge in [-0.05, 0) is 37.1 Å². The summed E-state index contributed by atoms with van der Waals surface area (Å²) < 4.78 is 0. The standard InChI is InChI=1S/C16H22Br2N2O2/c1-3-5-13(17)15(21)19-11-7-9-12(10-8-11)20-16(22)14(18)6-4-2/h7-10,13-14H,3-6H2,1-2H3,(H,19,21)(H,20,22). The van der Waals surface area contributed by atoms with Gasteiger partial charge < -0.3 is 10.6 Å². The Labute approximate surface area is 148 Å². The summed E-state index contributed by atoms with van der Waals surface area (Å²) >= 11 is 6.73. The van der Waals surface area contributed by atoms with E-state index in [1.165, 1.54) is 0 Å². The maximum Gasteiger partial charge on any atom is 0.238 e. The molecule has 2 amide bonds. The number of hydrogen-bond acceptors (Lipinski definition) is 2. The molecule has 0 saturated carbocycles. The van der Waals surface area contributed by atoms with Crippen molar-refractivity contribution in [3.63, 3.8) is 0 Å². The van der Waals surface area contributed by atoms with E-state index in [0.717, 1.165) is 25.7 Å². The molecule has 2 N–H and O–H groups in total. The zero-order valence-corrected chi connectivity index (χ0v) is 16.0. The third-order valence-electron chi connectivity index (χ3n) is 3.07. The Morgan fingerprint density at radius 1 is 0.864 bits per heavy atom. The summed E-state index contributed by atoms with van der Waals surface area (Å²) in [5, 5.41) is 5.68. The van der Waals surface area contributed by atoms with Crippen molar-refractivity contribution in [3.8, 4) is 0 Å². The number of amides is 2. The minimum absolute atomic E-state index is 0.0536. The van der Waals surface area contributed by atoms with Gasteiger partial charge in [0.05, 0.1) is 9.65 Å². The van der Waals surface area contributed by atoms with Crippen LogP contribution in [0.1, 0.15) is 39.5 Å². The molecular formula is C16H22Br2N2O2. The third kappa shape index (κ3) is 6.48. The number of rotatable bonds is 8. The van der Waals surface area contributed by atoms with E-state index in [2.05, 4.69) is 42.5 Å². The van der Waals surface area contributed by atoms with Crippen molar-refractivity contribution in [1.82, 2.24) is 0 Å². The quantitative estimate of drug-likeness (QED) is 0.584. The zero-order chi connectivity index (χ0) is 16.5. The minimum Gasteiger partial charge on any atom is -0.325 e. The highest BCUT2D eigenvalue weighted by Gasteiger charge is 2.15. The Morgan fingerprint density at radius 2 is 1.18 bits per heavy atom. The lowest BCUT2D eigenvalue weighted by Gasteiger charge is -2.12. The van der Waals surface area contributed by atoms with Gasteiger partial charge in [0.25, 0.3) is 0 Å². The molecular weight excluding hydrogens is 412 g/mol. The van der Waals surface area contributed by atoms with Crippen LogP contribution in [0.25, 0.3) is 0 Å². The fourth-order valence-electron chi connectivity index (χ4n) is 1.85. The summed E-state index contributed by atoms with van der Waals surface area (Å²) in [7, 11) is 0. The summed E-state index contributed by atoms with van der Waals surface area (Å²) in [6.45, 7) is 4.07. The molecule has 4 nitrogen and oxygen atoms in total. The number of carbonyl (C=O) groups excluding carboxylic acids is 2. The molecule has 0 radical (unpaired) electrons. The van der Waals surface area contributed by atoms with Crippen LogP contribution >= 0.6 is 31.9 Å². The van der Waals surface area contributed by atoms with Gasteiger partial charge in [-0.2, -0.15) is 0 Å². The highest BCUT2D eigenvalue weighted by molar-refractivity contribution is 9.10. The summed E-state index contributed by atoms with van der Waals surface area (Å²) in [6, 6.07) is 7.12. The van der Waals surface area contributed by atoms with Gasteiger partial charge >= 0.3 is 0 Å². The fraction of sp³-hybridized carbons (Fsp3) is 0.500. The molecule has 2 unspecified atom stereocenters. The molecule has 22 heavy (non-hydrogen) atoms. The molecule has 1 rings (SSSR count). The first kappa shape index (κ1) is 19.2. The smallest absolute Gasteiger partial charge is 0.238 e. The largest absolute Gasteiger partial charge is 0.325 e. The second-order valence-electron chi connectivity index (χ2n) is 5.07. The van der Waals surface area contributed by atoms with Crippen LogP contribution in [0.3, 0.4) is 0 Å². The van der Waals surface area contributed by atoms with Gasteiger partial charge in [-0.3, -0.25) is 9.59 Å². The van der Waals surface area contributed by atoms with Crippen LogP contribution in [0.15, 0.2) is 24.3 Å². The molecule has 0 saturated heterocycles. The van der Waals surface area contributed by atoms with E-state index in [4.69, 9.17) is 0 Å². The number of anilines is 2. The fourth-order valence-corrected chi connectivity index (χ4v) is 2.99. The molecule has 0 heterocycles. The molecule has 0 fully saturated rings. The molecule has 0 aliphatic carbocycles. The predicted octanol–water partition coefficient (Wildman–Crippen LogP) is 4.69. The van der Waals surface area contributed by atoms with Crippen LogP contribution in [0.5, 0.6) is 0 Å². The second-order valence-corrected chi connectivity index (χ2v) is 7.28. The van der Waals surface area contributed by atoms with E-state index in [-0.39, 0.29) is 21.5 Å². The van der Waals surface area contributed by atoms with E-state index in [1.807, 2.05) is 13.8 Å². The maximum atomic E-state index is 11.9. The molecule has 0 aromatic heterocycles. The maximum absolute atomic E-state index is 11.9. The molecule has 122 valence electrons. The number of alkyl halides is 2. The van der Waals surface area contributed by atoms with Crippen LogP contribution in [-0.4, -0.2) is 21.5 Å². The SMILES string of the molecule is CCCC(Br)C(=O)Nc1ccc(NC(=O)C(Br)CCC)cc1. The lowest BCUT2D eigenvalue weighted by atomic mass is 10.2. The van der Waals surface area contributed by atoms with Gasteiger partial charge in [-0.15, -0.1) is 0 Å². The number of hydrogen-bond donors (Lipinski definition) is 2. The topological polar surface area (TPSA) is 58.2 Å². The summed E-state index contributed by atoms with van der Waals surface area (Å²) in [4.78, 5) is 23.4. The molecule has 0 aliphatic heterocycles. The van der Waals surface area contributed by atoms with Crippen molar-refractivity contribution in [3.05, 3.63) is 24.3 Å². The van der Waals surface area contributed by atoms with E-state index in [0.29, 0.717) is 11.4 Å². The van der Waals surface area contributed by atoms with Crippen LogP contribution < -0.4 is 10.6 Å². The average molecular weight is 434 g/mol. The van der Waals surface area contributed by atoms with Crippen molar-refractivity contribution < 1.29 is 9.59 Å². The molecule has 0 bridgehead atoms. The van der Waals surface area contributed by atoms with E-state index >= 15 is 0 Å². The Morgan fingerprint density at radius 3 is 1.45 bits per heavy atom. The molecule has 1 aromatic carbocycles. The second kappa shape index (κ2) is 10.0. The third-order valence-corrected chi connectivity index (χ3v) is 4.82. The van der Waals surface area contributed by atoms with E-state index in [9.17, 15) is 9.59 Å². The lowest BCUT2D eigenvalue weighted by molar-refractivity contribution is -0.116. The number of nitrogens with one attached hydrogen (secondary N) is 2. The number of carbonyl (C=O) groups is 2. The Hall–Kier alpha value is -0.880. The first-order valence-corrected chi connectivity index (χ1v) is 9.31. The zero-order valence-electron chi connectivity index (χ0n) is 12.9. The number of benzene rings is 1. The Bertz CT molecular complexity index is 446. The van der Waals surface area contributed by atoms with E-state index < -0.39 is 0 Å². The van der Waals surface area contributed by atoms with Crippen molar-refractivity contribution in [2.45, 2.75) is 49.2 Å². The summed E-state index contributed by atoms with van der Waals surface area (Å²) in [6.07, 6.45) is 3.48. The van der Waals surface area contributed by atoms with Gasteiger partial charge in [0.2, 0.25) is 11.8 Å². The van der Waals surface area contributed by atoms with Gasteiger partial charge in [0.15, 0.2) is 0 Å².